The maximum absolute atomic E-state index is 13.2. The van der Waals surface area contributed by atoms with Crippen molar-refractivity contribution in [3.05, 3.63) is 51.9 Å². The molecule has 0 aliphatic carbocycles. The lowest BCUT2D eigenvalue weighted by Crippen LogP contribution is -2.41. The third-order valence-corrected chi connectivity index (χ3v) is 7.29. The van der Waals surface area contributed by atoms with Gasteiger partial charge in [-0.15, -0.1) is 11.8 Å². The number of hydrogen-bond acceptors (Lipinski definition) is 6. The summed E-state index contributed by atoms with van der Waals surface area (Å²) in [7, 11) is 0. The van der Waals surface area contributed by atoms with Crippen LogP contribution in [-0.4, -0.2) is 57.7 Å². The first-order chi connectivity index (χ1) is 14.1. The van der Waals surface area contributed by atoms with Crippen LogP contribution in [0.4, 0.5) is 0 Å². The standard InChI is InChI=1S/C21H25N3O3S2/c1-15-13-17-19(29-15)20(26)24(8-7-16-5-3-2-4-6-16)21(22-17)28-14-18(25)23-9-11-27-12-10-23/h2-6,15H,7-14H2,1H3/t15-/m1/s1. The van der Waals surface area contributed by atoms with Gasteiger partial charge in [-0.05, 0) is 12.0 Å². The van der Waals surface area contributed by atoms with Gasteiger partial charge >= 0.3 is 0 Å². The van der Waals surface area contributed by atoms with E-state index in [4.69, 9.17) is 9.72 Å². The zero-order chi connectivity index (χ0) is 20.2. The third-order valence-electron chi connectivity index (χ3n) is 5.12. The first kappa shape index (κ1) is 20.5. The molecule has 2 aromatic rings. The molecule has 2 aliphatic heterocycles. The number of carbonyl (C=O) groups excluding carboxylic acids is 1. The van der Waals surface area contributed by atoms with Gasteiger partial charge in [0.2, 0.25) is 5.91 Å². The van der Waals surface area contributed by atoms with Crippen LogP contribution in [0.15, 0.2) is 45.2 Å². The van der Waals surface area contributed by atoms with Crippen LogP contribution in [0.2, 0.25) is 0 Å². The molecule has 0 N–H and O–H groups in total. The van der Waals surface area contributed by atoms with Crippen LogP contribution in [0.5, 0.6) is 0 Å². The fraction of sp³-hybridized carbons (Fsp3) is 0.476. The predicted octanol–water partition coefficient (Wildman–Crippen LogP) is 2.47. The molecule has 0 spiro atoms. The molecule has 1 amide bonds. The minimum absolute atomic E-state index is 0.0293. The van der Waals surface area contributed by atoms with Gasteiger partial charge in [-0.1, -0.05) is 49.0 Å². The van der Waals surface area contributed by atoms with Crippen molar-refractivity contribution in [1.82, 2.24) is 14.5 Å². The Hall–Kier alpha value is -1.77. The molecule has 0 radical (unpaired) electrons. The topological polar surface area (TPSA) is 64.4 Å². The molecule has 1 saturated heterocycles. The van der Waals surface area contributed by atoms with Crippen molar-refractivity contribution in [3.63, 3.8) is 0 Å². The summed E-state index contributed by atoms with van der Waals surface area (Å²) in [6.45, 7) is 5.12. The maximum Gasteiger partial charge on any atom is 0.268 e. The minimum atomic E-state index is 0.0293. The van der Waals surface area contributed by atoms with E-state index >= 15 is 0 Å². The molecular formula is C21H25N3O3S2. The Morgan fingerprint density at radius 2 is 2.03 bits per heavy atom. The van der Waals surface area contributed by atoms with E-state index < -0.39 is 0 Å². The summed E-state index contributed by atoms with van der Waals surface area (Å²) in [6, 6.07) is 10.1. The van der Waals surface area contributed by atoms with E-state index in [1.54, 1.807) is 16.3 Å². The fourth-order valence-corrected chi connectivity index (χ4v) is 5.61. The van der Waals surface area contributed by atoms with Gasteiger partial charge in [0.25, 0.3) is 5.56 Å². The molecule has 0 saturated carbocycles. The molecule has 29 heavy (non-hydrogen) atoms. The van der Waals surface area contributed by atoms with Crippen LogP contribution in [-0.2, 0) is 28.9 Å². The number of morpholine rings is 1. The summed E-state index contributed by atoms with van der Waals surface area (Å²) in [6.07, 6.45) is 1.56. The van der Waals surface area contributed by atoms with Crippen molar-refractivity contribution in [2.45, 2.75) is 41.6 Å². The van der Waals surface area contributed by atoms with Gasteiger partial charge in [0.1, 0.15) is 0 Å². The molecule has 4 rings (SSSR count). The second kappa shape index (κ2) is 9.36. The Kier molecular flexibility index (Phi) is 6.62. The van der Waals surface area contributed by atoms with Crippen molar-refractivity contribution in [2.24, 2.45) is 0 Å². The molecule has 2 aliphatic rings. The largest absolute Gasteiger partial charge is 0.378 e. The van der Waals surface area contributed by atoms with Gasteiger partial charge in [-0.2, -0.15) is 0 Å². The average molecular weight is 432 g/mol. The van der Waals surface area contributed by atoms with E-state index in [1.807, 2.05) is 23.1 Å². The highest BCUT2D eigenvalue weighted by molar-refractivity contribution is 8.00. The quantitative estimate of drug-likeness (QED) is 0.517. The van der Waals surface area contributed by atoms with E-state index in [0.29, 0.717) is 49.0 Å². The number of aromatic nitrogens is 2. The number of fused-ring (bicyclic) bond motifs is 1. The number of thioether (sulfide) groups is 2. The van der Waals surface area contributed by atoms with Crippen molar-refractivity contribution in [2.75, 3.05) is 32.1 Å². The summed E-state index contributed by atoms with van der Waals surface area (Å²) in [5.74, 6) is 0.365. The van der Waals surface area contributed by atoms with E-state index in [-0.39, 0.29) is 11.5 Å². The first-order valence-corrected chi connectivity index (χ1v) is 11.8. The van der Waals surface area contributed by atoms with Crippen LogP contribution in [0.1, 0.15) is 18.2 Å². The maximum atomic E-state index is 13.2. The highest BCUT2D eigenvalue weighted by Gasteiger charge is 2.27. The number of carbonyl (C=O) groups is 1. The number of ether oxygens (including phenoxy) is 1. The lowest BCUT2D eigenvalue weighted by molar-refractivity contribution is -0.132. The second-order valence-electron chi connectivity index (χ2n) is 7.28. The van der Waals surface area contributed by atoms with Gasteiger partial charge < -0.3 is 9.64 Å². The SMILES string of the molecule is C[C@@H]1Cc2nc(SCC(=O)N3CCOCC3)n(CCc3ccccc3)c(=O)c2S1. The van der Waals surface area contributed by atoms with E-state index in [1.165, 1.54) is 17.3 Å². The minimum Gasteiger partial charge on any atom is -0.378 e. The highest BCUT2D eigenvalue weighted by atomic mass is 32.2. The second-order valence-corrected chi connectivity index (χ2v) is 9.67. The molecule has 1 aromatic carbocycles. The Bertz CT molecular complexity index is 927. The number of rotatable bonds is 6. The Labute approximate surface area is 179 Å². The van der Waals surface area contributed by atoms with Gasteiger partial charge in [-0.25, -0.2) is 4.98 Å². The summed E-state index contributed by atoms with van der Waals surface area (Å²) in [5, 5.41) is 1.02. The molecule has 6 nitrogen and oxygen atoms in total. The van der Waals surface area contributed by atoms with Crippen LogP contribution in [0, 0.1) is 0 Å². The Balaban J connectivity index is 1.54. The summed E-state index contributed by atoms with van der Waals surface area (Å²) < 4.78 is 7.08. The van der Waals surface area contributed by atoms with Crippen LogP contribution >= 0.6 is 23.5 Å². The number of hydrogen-bond donors (Lipinski definition) is 0. The van der Waals surface area contributed by atoms with Gasteiger partial charge in [0.15, 0.2) is 5.16 Å². The van der Waals surface area contributed by atoms with Crippen molar-refractivity contribution in [1.29, 1.82) is 0 Å². The molecular weight excluding hydrogens is 406 g/mol. The average Bonchev–Trinajstić information content (AvgIpc) is 3.13. The van der Waals surface area contributed by atoms with Crippen molar-refractivity contribution >= 4 is 29.4 Å². The highest BCUT2D eigenvalue weighted by Crippen LogP contribution is 2.34. The molecule has 0 unspecified atom stereocenters. The smallest absolute Gasteiger partial charge is 0.268 e. The number of aryl methyl sites for hydroxylation is 1. The van der Waals surface area contributed by atoms with Gasteiger partial charge in [-0.3, -0.25) is 14.2 Å². The first-order valence-electron chi connectivity index (χ1n) is 9.94. The molecule has 3 heterocycles. The number of benzene rings is 1. The Morgan fingerprint density at radius 3 is 2.79 bits per heavy atom. The number of nitrogens with zero attached hydrogens (tertiary/aromatic N) is 3. The molecule has 0 bridgehead atoms. The molecule has 154 valence electrons. The van der Waals surface area contributed by atoms with Crippen molar-refractivity contribution < 1.29 is 9.53 Å². The van der Waals surface area contributed by atoms with Crippen LogP contribution in [0.25, 0.3) is 0 Å². The monoisotopic (exact) mass is 431 g/mol. The lowest BCUT2D eigenvalue weighted by Gasteiger charge is -2.26. The van der Waals surface area contributed by atoms with Crippen LogP contribution < -0.4 is 5.56 Å². The predicted molar refractivity (Wildman–Crippen MR) is 116 cm³/mol. The van der Waals surface area contributed by atoms with E-state index in [0.717, 1.165) is 23.4 Å². The van der Waals surface area contributed by atoms with Gasteiger partial charge in [0.05, 0.1) is 29.6 Å². The van der Waals surface area contributed by atoms with E-state index in [2.05, 4.69) is 19.1 Å². The van der Waals surface area contributed by atoms with Gasteiger partial charge in [0, 0.05) is 31.3 Å². The van der Waals surface area contributed by atoms with Crippen molar-refractivity contribution in [3.8, 4) is 0 Å². The fourth-order valence-electron chi connectivity index (χ4n) is 3.55. The summed E-state index contributed by atoms with van der Waals surface area (Å²) >= 11 is 2.99. The summed E-state index contributed by atoms with van der Waals surface area (Å²) in [5.41, 5.74) is 2.09. The van der Waals surface area contributed by atoms with E-state index in [9.17, 15) is 9.59 Å². The Morgan fingerprint density at radius 1 is 1.28 bits per heavy atom. The normalized spacial score (nSPS) is 18.7. The van der Waals surface area contributed by atoms with Crippen LogP contribution in [0.3, 0.4) is 0 Å². The third kappa shape index (κ3) is 4.87. The summed E-state index contributed by atoms with van der Waals surface area (Å²) in [4.78, 5) is 33.1. The lowest BCUT2D eigenvalue weighted by atomic mass is 10.1. The molecule has 1 atom stereocenters. The molecule has 1 fully saturated rings. The molecule has 8 heteroatoms. The zero-order valence-electron chi connectivity index (χ0n) is 16.5. The zero-order valence-corrected chi connectivity index (χ0v) is 18.1. The number of amides is 1. The molecule has 1 aromatic heterocycles.